The van der Waals surface area contributed by atoms with Gasteiger partial charge in [0.2, 0.25) is 0 Å². The molecule has 0 fully saturated rings. The van der Waals surface area contributed by atoms with Gasteiger partial charge in [-0.1, -0.05) is 0 Å². The monoisotopic (exact) mass is 221 g/mol. The normalized spacial score (nSPS) is 9.56. The Kier molecular flexibility index (Phi) is 3.84. The van der Waals surface area contributed by atoms with Gasteiger partial charge >= 0.3 is 0 Å². The third-order valence-electron chi connectivity index (χ3n) is 2.07. The molecule has 0 atom stereocenters. The molecule has 0 saturated heterocycles. The van der Waals surface area contributed by atoms with Crippen molar-refractivity contribution in [2.24, 2.45) is 0 Å². The number of nitrogens with two attached hydrogens (primary N) is 1. The molecule has 0 heterocycles. The SMILES string of the molecule is CN(CCC#N)C(=O)c1cc(N)cc(F)c1. The van der Waals surface area contributed by atoms with Crippen LogP contribution in [0.1, 0.15) is 16.8 Å². The third kappa shape index (κ3) is 2.95. The summed E-state index contributed by atoms with van der Waals surface area (Å²) in [7, 11) is 1.56. The van der Waals surface area contributed by atoms with Crippen LogP contribution in [0.2, 0.25) is 0 Å². The zero-order chi connectivity index (χ0) is 12.1. The zero-order valence-electron chi connectivity index (χ0n) is 8.90. The second kappa shape index (κ2) is 5.12. The van der Waals surface area contributed by atoms with Crippen molar-refractivity contribution in [2.75, 3.05) is 19.3 Å². The van der Waals surface area contributed by atoms with Crippen molar-refractivity contribution in [3.8, 4) is 6.07 Å². The average Bonchev–Trinajstić information content (AvgIpc) is 2.23. The Bertz CT molecular complexity index is 419. The Morgan fingerprint density at radius 3 is 2.81 bits per heavy atom. The zero-order valence-corrected chi connectivity index (χ0v) is 8.90. The molecule has 1 aromatic rings. The van der Waals surface area contributed by atoms with Gasteiger partial charge in [0.25, 0.3) is 5.91 Å². The van der Waals surface area contributed by atoms with E-state index in [1.54, 1.807) is 7.05 Å². The first kappa shape index (κ1) is 12.0. The van der Waals surface area contributed by atoms with Crippen LogP contribution in [-0.2, 0) is 0 Å². The van der Waals surface area contributed by atoms with Crippen LogP contribution in [0.4, 0.5) is 10.1 Å². The standard InChI is InChI=1S/C11H12FN3O/c1-15(4-2-3-13)11(16)8-5-9(12)7-10(14)6-8/h5-7H,2,4,14H2,1H3. The highest BCUT2D eigenvalue weighted by Crippen LogP contribution is 2.12. The fraction of sp³-hybridized carbons (Fsp3) is 0.273. The number of carbonyl (C=O) groups is 1. The molecule has 0 aromatic heterocycles. The van der Waals surface area contributed by atoms with Crippen LogP contribution >= 0.6 is 0 Å². The first-order chi connectivity index (χ1) is 7.54. The highest BCUT2D eigenvalue weighted by molar-refractivity contribution is 5.94. The molecule has 1 aromatic carbocycles. The summed E-state index contributed by atoms with van der Waals surface area (Å²) in [4.78, 5) is 13.1. The second-order valence-electron chi connectivity index (χ2n) is 3.41. The lowest BCUT2D eigenvalue weighted by Gasteiger charge is -2.15. The number of carbonyl (C=O) groups excluding carboxylic acids is 1. The number of nitrogens with zero attached hydrogens (tertiary/aromatic N) is 2. The van der Waals surface area contributed by atoms with Gasteiger partial charge in [-0.15, -0.1) is 0 Å². The van der Waals surface area contributed by atoms with Crippen LogP contribution in [-0.4, -0.2) is 24.4 Å². The van der Waals surface area contributed by atoms with Gasteiger partial charge < -0.3 is 10.6 Å². The summed E-state index contributed by atoms with van der Waals surface area (Å²) < 4.78 is 13.0. The maximum Gasteiger partial charge on any atom is 0.253 e. The lowest BCUT2D eigenvalue weighted by Crippen LogP contribution is -2.27. The van der Waals surface area contributed by atoms with Gasteiger partial charge in [0.1, 0.15) is 5.82 Å². The summed E-state index contributed by atoms with van der Waals surface area (Å²) in [5.74, 6) is -0.890. The van der Waals surface area contributed by atoms with Crippen molar-refractivity contribution in [1.29, 1.82) is 5.26 Å². The smallest absolute Gasteiger partial charge is 0.253 e. The molecular formula is C11H12FN3O. The number of anilines is 1. The number of nitriles is 1. The third-order valence-corrected chi connectivity index (χ3v) is 2.07. The molecule has 5 heteroatoms. The molecule has 1 rings (SSSR count). The Morgan fingerprint density at radius 2 is 2.25 bits per heavy atom. The van der Waals surface area contributed by atoms with Gasteiger partial charge in [0.05, 0.1) is 12.5 Å². The fourth-order valence-corrected chi connectivity index (χ4v) is 1.28. The molecule has 0 aliphatic rings. The predicted octanol–water partition coefficient (Wildman–Crippen LogP) is 1.39. The lowest BCUT2D eigenvalue weighted by atomic mass is 10.1. The van der Waals surface area contributed by atoms with Crippen molar-refractivity contribution in [2.45, 2.75) is 6.42 Å². The Morgan fingerprint density at radius 1 is 1.56 bits per heavy atom. The minimum atomic E-state index is -0.544. The number of hydrogen-bond donors (Lipinski definition) is 1. The summed E-state index contributed by atoms with van der Waals surface area (Å²) >= 11 is 0. The molecule has 2 N–H and O–H groups in total. The number of amides is 1. The molecule has 84 valence electrons. The van der Waals surface area contributed by atoms with E-state index < -0.39 is 5.82 Å². The second-order valence-corrected chi connectivity index (χ2v) is 3.41. The van der Waals surface area contributed by atoms with E-state index in [0.717, 1.165) is 12.1 Å². The van der Waals surface area contributed by atoms with Gasteiger partial charge in [-0.25, -0.2) is 4.39 Å². The highest BCUT2D eigenvalue weighted by Gasteiger charge is 2.12. The molecule has 0 unspecified atom stereocenters. The number of rotatable bonds is 3. The van der Waals surface area contributed by atoms with Crippen molar-refractivity contribution < 1.29 is 9.18 Å². The van der Waals surface area contributed by atoms with E-state index in [2.05, 4.69) is 0 Å². The van der Waals surface area contributed by atoms with Crippen LogP contribution in [0.5, 0.6) is 0 Å². The first-order valence-corrected chi connectivity index (χ1v) is 4.73. The van der Waals surface area contributed by atoms with E-state index in [0.29, 0.717) is 6.54 Å². The molecule has 16 heavy (non-hydrogen) atoms. The molecule has 0 aliphatic carbocycles. The topological polar surface area (TPSA) is 70.1 Å². The summed E-state index contributed by atoms with van der Waals surface area (Å²) in [6.07, 6.45) is 0.243. The van der Waals surface area contributed by atoms with E-state index in [4.69, 9.17) is 11.0 Å². The van der Waals surface area contributed by atoms with E-state index in [1.807, 2.05) is 6.07 Å². The Labute approximate surface area is 93.1 Å². The van der Waals surface area contributed by atoms with Crippen molar-refractivity contribution in [1.82, 2.24) is 4.90 Å². The maximum atomic E-state index is 13.0. The van der Waals surface area contributed by atoms with Gasteiger partial charge in [-0.2, -0.15) is 5.26 Å². The maximum absolute atomic E-state index is 13.0. The summed E-state index contributed by atoms with van der Waals surface area (Å²) in [5, 5.41) is 8.39. The Hall–Kier alpha value is -2.09. The molecule has 0 saturated carbocycles. The predicted molar refractivity (Wildman–Crippen MR) is 58.0 cm³/mol. The number of hydrogen-bond acceptors (Lipinski definition) is 3. The van der Waals surface area contributed by atoms with Crippen molar-refractivity contribution in [3.05, 3.63) is 29.6 Å². The van der Waals surface area contributed by atoms with E-state index in [1.165, 1.54) is 11.0 Å². The van der Waals surface area contributed by atoms with Gasteiger partial charge in [-0.05, 0) is 18.2 Å². The Balaban J connectivity index is 2.84. The van der Waals surface area contributed by atoms with Gasteiger partial charge in [0, 0.05) is 24.8 Å². The average molecular weight is 221 g/mol. The molecule has 4 nitrogen and oxygen atoms in total. The van der Waals surface area contributed by atoms with Crippen molar-refractivity contribution in [3.63, 3.8) is 0 Å². The summed E-state index contributed by atoms with van der Waals surface area (Å²) in [6.45, 7) is 0.311. The van der Waals surface area contributed by atoms with Crippen LogP contribution < -0.4 is 5.73 Å². The van der Waals surface area contributed by atoms with Crippen molar-refractivity contribution >= 4 is 11.6 Å². The van der Waals surface area contributed by atoms with E-state index in [9.17, 15) is 9.18 Å². The van der Waals surface area contributed by atoms with Gasteiger partial charge in [0.15, 0.2) is 0 Å². The molecule has 0 spiro atoms. The first-order valence-electron chi connectivity index (χ1n) is 4.73. The molecule has 0 aliphatic heterocycles. The number of benzene rings is 1. The molecule has 0 bridgehead atoms. The highest BCUT2D eigenvalue weighted by atomic mass is 19.1. The minimum Gasteiger partial charge on any atom is -0.399 e. The fourth-order valence-electron chi connectivity index (χ4n) is 1.28. The minimum absolute atomic E-state index is 0.193. The van der Waals surface area contributed by atoms with Crippen LogP contribution in [0.25, 0.3) is 0 Å². The lowest BCUT2D eigenvalue weighted by molar-refractivity contribution is 0.0797. The van der Waals surface area contributed by atoms with E-state index in [-0.39, 0.29) is 23.6 Å². The van der Waals surface area contributed by atoms with Gasteiger partial charge in [-0.3, -0.25) is 4.79 Å². The number of halogens is 1. The molecular weight excluding hydrogens is 209 g/mol. The largest absolute Gasteiger partial charge is 0.399 e. The van der Waals surface area contributed by atoms with Crippen LogP contribution in [0.3, 0.4) is 0 Å². The van der Waals surface area contributed by atoms with E-state index >= 15 is 0 Å². The van der Waals surface area contributed by atoms with Crippen LogP contribution in [0.15, 0.2) is 18.2 Å². The summed E-state index contributed by atoms with van der Waals surface area (Å²) in [6, 6.07) is 5.62. The quantitative estimate of drug-likeness (QED) is 0.784. The van der Waals surface area contributed by atoms with Crippen LogP contribution in [0, 0.1) is 17.1 Å². The molecule has 0 radical (unpaired) electrons. The molecule has 1 amide bonds. The number of nitrogen functional groups attached to an aromatic ring is 1. The summed E-state index contributed by atoms with van der Waals surface area (Å²) in [5.41, 5.74) is 5.83.